The third-order valence-corrected chi connectivity index (χ3v) is 2.17. The zero-order valence-electron chi connectivity index (χ0n) is 8.19. The Kier molecular flexibility index (Phi) is 2.63. The first-order valence-corrected chi connectivity index (χ1v) is 4.67. The van der Waals surface area contributed by atoms with Gasteiger partial charge in [-0.3, -0.25) is 24.8 Å². The topological polar surface area (TPSA) is 117 Å². The number of aromatic amines is 1. The molecule has 8 nitrogen and oxygen atoms in total. The Morgan fingerprint density at radius 1 is 1.50 bits per heavy atom. The number of hydrogen-bond donors (Lipinski definition) is 3. The minimum absolute atomic E-state index is 0.0321. The van der Waals surface area contributed by atoms with E-state index < -0.39 is 17.9 Å². The summed E-state index contributed by atoms with van der Waals surface area (Å²) >= 11 is 0. The van der Waals surface area contributed by atoms with E-state index >= 15 is 0 Å². The lowest BCUT2D eigenvalue weighted by Crippen LogP contribution is -2.52. The van der Waals surface area contributed by atoms with Crippen LogP contribution >= 0.6 is 0 Å². The smallest absolute Gasteiger partial charge is 0.289 e. The summed E-state index contributed by atoms with van der Waals surface area (Å²) < 4.78 is 0. The summed E-state index contributed by atoms with van der Waals surface area (Å²) in [5, 5.41) is 10.5. The van der Waals surface area contributed by atoms with Gasteiger partial charge in [0.25, 0.3) is 5.91 Å². The van der Waals surface area contributed by atoms with Gasteiger partial charge in [0, 0.05) is 6.42 Å². The molecule has 0 saturated carbocycles. The molecule has 2 rings (SSSR count). The van der Waals surface area contributed by atoms with E-state index in [1.54, 1.807) is 0 Å². The third kappa shape index (κ3) is 2.05. The zero-order chi connectivity index (χ0) is 11.5. The summed E-state index contributed by atoms with van der Waals surface area (Å²) in [5.41, 5.74) is 0. The van der Waals surface area contributed by atoms with Crippen molar-refractivity contribution in [2.45, 2.75) is 18.9 Å². The molecule has 0 bridgehead atoms. The van der Waals surface area contributed by atoms with Crippen LogP contribution < -0.4 is 10.6 Å². The van der Waals surface area contributed by atoms with Crippen molar-refractivity contribution in [2.75, 3.05) is 0 Å². The number of nitrogens with zero attached hydrogens (tertiary/aromatic N) is 2. The van der Waals surface area contributed by atoms with Gasteiger partial charge in [0.15, 0.2) is 0 Å². The molecule has 1 fully saturated rings. The van der Waals surface area contributed by atoms with Crippen molar-refractivity contribution in [1.82, 2.24) is 25.8 Å². The molecule has 1 aliphatic heterocycles. The fourth-order valence-electron chi connectivity index (χ4n) is 1.37. The molecule has 3 amide bonds. The minimum atomic E-state index is -0.699. The Balaban J connectivity index is 1.97. The van der Waals surface area contributed by atoms with Gasteiger partial charge in [-0.15, -0.1) is 0 Å². The number of piperidine rings is 1. The molecular weight excluding hydrogens is 214 g/mol. The van der Waals surface area contributed by atoms with Gasteiger partial charge < -0.3 is 5.32 Å². The van der Waals surface area contributed by atoms with Crippen molar-refractivity contribution >= 4 is 17.7 Å². The lowest BCUT2D eigenvalue weighted by atomic mass is 10.1. The first-order valence-electron chi connectivity index (χ1n) is 4.67. The van der Waals surface area contributed by atoms with E-state index in [4.69, 9.17) is 0 Å². The number of aromatic nitrogens is 3. The van der Waals surface area contributed by atoms with Crippen LogP contribution in [0.25, 0.3) is 0 Å². The molecule has 1 aliphatic rings. The van der Waals surface area contributed by atoms with Crippen molar-refractivity contribution in [3.63, 3.8) is 0 Å². The van der Waals surface area contributed by atoms with Crippen molar-refractivity contribution in [3.8, 4) is 0 Å². The number of carbonyl (C=O) groups excluding carboxylic acids is 3. The first-order chi connectivity index (χ1) is 7.66. The molecule has 1 aromatic heterocycles. The summed E-state index contributed by atoms with van der Waals surface area (Å²) in [4.78, 5) is 37.3. The number of hydrogen-bond acceptors (Lipinski definition) is 5. The van der Waals surface area contributed by atoms with Gasteiger partial charge >= 0.3 is 0 Å². The van der Waals surface area contributed by atoms with Crippen molar-refractivity contribution in [2.24, 2.45) is 0 Å². The SMILES string of the molecule is O=C1CCC(NC(=O)c2ncn[nH]2)C(=O)N1. The Morgan fingerprint density at radius 3 is 2.94 bits per heavy atom. The molecular formula is C8H9N5O3. The van der Waals surface area contributed by atoms with Gasteiger partial charge in [0.1, 0.15) is 12.4 Å². The molecule has 84 valence electrons. The van der Waals surface area contributed by atoms with Crippen LogP contribution in [0.2, 0.25) is 0 Å². The summed E-state index contributed by atoms with van der Waals surface area (Å²) in [6.45, 7) is 0. The first kappa shape index (κ1) is 10.3. The Hall–Kier alpha value is -2.25. The van der Waals surface area contributed by atoms with Crippen LogP contribution in [0, 0.1) is 0 Å². The molecule has 0 radical (unpaired) electrons. The van der Waals surface area contributed by atoms with E-state index in [2.05, 4.69) is 25.8 Å². The van der Waals surface area contributed by atoms with Crippen LogP contribution in [-0.4, -0.2) is 38.9 Å². The molecule has 3 N–H and O–H groups in total. The molecule has 1 saturated heterocycles. The standard InChI is InChI=1S/C8H9N5O3/c14-5-2-1-4(7(15)12-5)11-8(16)6-9-3-10-13-6/h3-4H,1-2H2,(H,11,16)(H,9,10,13)(H,12,14,15). The van der Waals surface area contributed by atoms with E-state index in [1.807, 2.05) is 0 Å². The number of amides is 3. The maximum Gasteiger partial charge on any atom is 0.289 e. The normalized spacial score (nSPS) is 20.4. The predicted octanol–water partition coefficient (Wildman–Crippen LogP) is -1.66. The number of H-pyrrole nitrogens is 1. The van der Waals surface area contributed by atoms with Crippen LogP contribution in [-0.2, 0) is 9.59 Å². The second-order valence-corrected chi connectivity index (χ2v) is 3.31. The highest BCUT2D eigenvalue weighted by Gasteiger charge is 2.28. The van der Waals surface area contributed by atoms with Crippen LogP contribution in [0.15, 0.2) is 6.33 Å². The van der Waals surface area contributed by atoms with Crippen LogP contribution in [0.3, 0.4) is 0 Å². The fourth-order valence-corrected chi connectivity index (χ4v) is 1.37. The van der Waals surface area contributed by atoms with E-state index in [0.717, 1.165) is 0 Å². The summed E-state index contributed by atoms with van der Waals surface area (Å²) in [7, 11) is 0. The average Bonchev–Trinajstić information content (AvgIpc) is 2.75. The summed E-state index contributed by atoms with van der Waals surface area (Å²) in [6, 6.07) is -0.699. The molecule has 0 spiro atoms. The number of nitrogens with one attached hydrogen (secondary N) is 3. The van der Waals surface area contributed by atoms with Gasteiger partial charge in [0.2, 0.25) is 17.6 Å². The summed E-state index contributed by atoms with van der Waals surface area (Å²) in [6.07, 6.45) is 1.71. The van der Waals surface area contributed by atoms with Gasteiger partial charge in [-0.1, -0.05) is 0 Å². The van der Waals surface area contributed by atoms with Crippen molar-refractivity contribution in [3.05, 3.63) is 12.2 Å². The predicted molar refractivity (Wildman–Crippen MR) is 50.0 cm³/mol. The zero-order valence-corrected chi connectivity index (χ0v) is 8.19. The monoisotopic (exact) mass is 223 g/mol. The highest BCUT2D eigenvalue weighted by Crippen LogP contribution is 2.04. The van der Waals surface area contributed by atoms with Gasteiger partial charge in [0.05, 0.1) is 0 Å². The van der Waals surface area contributed by atoms with E-state index in [0.29, 0.717) is 6.42 Å². The van der Waals surface area contributed by atoms with Gasteiger partial charge in [-0.25, -0.2) is 4.98 Å². The van der Waals surface area contributed by atoms with E-state index in [-0.39, 0.29) is 18.2 Å². The highest BCUT2D eigenvalue weighted by molar-refractivity contribution is 6.02. The molecule has 0 aromatic carbocycles. The van der Waals surface area contributed by atoms with Crippen molar-refractivity contribution < 1.29 is 14.4 Å². The Morgan fingerprint density at radius 2 is 2.31 bits per heavy atom. The number of rotatable bonds is 2. The second kappa shape index (κ2) is 4.09. The second-order valence-electron chi connectivity index (χ2n) is 3.31. The lowest BCUT2D eigenvalue weighted by Gasteiger charge is -2.21. The average molecular weight is 223 g/mol. The molecule has 8 heteroatoms. The Bertz CT molecular complexity index is 427. The molecule has 1 atom stereocenters. The van der Waals surface area contributed by atoms with Crippen LogP contribution in [0.5, 0.6) is 0 Å². The van der Waals surface area contributed by atoms with Gasteiger partial charge in [-0.2, -0.15) is 5.10 Å². The Labute approximate surface area is 89.8 Å². The maximum atomic E-state index is 11.5. The lowest BCUT2D eigenvalue weighted by molar-refractivity contribution is -0.134. The highest BCUT2D eigenvalue weighted by atomic mass is 16.2. The number of carbonyl (C=O) groups is 3. The largest absolute Gasteiger partial charge is 0.338 e. The van der Waals surface area contributed by atoms with Crippen molar-refractivity contribution in [1.29, 1.82) is 0 Å². The van der Waals surface area contributed by atoms with E-state index in [9.17, 15) is 14.4 Å². The van der Waals surface area contributed by atoms with Gasteiger partial charge in [-0.05, 0) is 6.42 Å². The minimum Gasteiger partial charge on any atom is -0.338 e. The molecule has 2 heterocycles. The summed E-state index contributed by atoms with van der Waals surface area (Å²) in [5.74, 6) is -1.31. The van der Waals surface area contributed by atoms with Crippen LogP contribution in [0.4, 0.5) is 0 Å². The van der Waals surface area contributed by atoms with E-state index in [1.165, 1.54) is 6.33 Å². The van der Waals surface area contributed by atoms with Crippen LogP contribution in [0.1, 0.15) is 23.5 Å². The third-order valence-electron chi connectivity index (χ3n) is 2.17. The molecule has 1 aromatic rings. The maximum absolute atomic E-state index is 11.5. The molecule has 16 heavy (non-hydrogen) atoms. The quantitative estimate of drug-likeness (QED) is 0.519. The fraction of sp³-hybridized carbons (Fsp3) is 0.375. The molecule has 1 unspecified atom stereocenters. The molecule has 0 aliphatic carbocycles. The number of imide groups is 1.